The largest absolute Gasteiger partial charge is 0.481 e. The zero-order valence-corrected chi connectivity index (χ0v) is 16.5. The van der Waals surface area contributed by atoms with E-state index in [1.807, 2.05) is 30.3 Å². The maximum absolute atomic E-state index is 13.1. The summed E-state index contributed by atoms with van der Waals surface area (Å²) in [4.78, 5) is 26.6. The molecule has 1 heterocycles. The number of rotatable bonds is 5. The van der Waals surface area contributed by atoms with E-state index in [1.165, 1.54) is 17.6 Å². The number of carbonyl (C=O) groups excluding carboxylic acids is 2. The first kappa shape index (κ1) is 19.7. The average Bonchev–Trinajstić information content (AvgIpc) is 2.72. The Hall–Kier alpha value is -3.02. The molecular formula is C22H25NO5. The van der Waals surface area contributed by atoms with E-state index in [-0.39, 0.29) is 12.5 Å². The van der Waals surface area contributed by atoms with Crippen molar-refractivity contribution in [3.63, 3.8) is 0 Å². The molecule has 0 aromatic heterocycles. The molecule has 1 aliphatic heterocycles. The summed E-state index contributed by atoms with van der Waals surface area (Å²) in [5.41, 5.74) is 1.81. The minimum absolute atomic E-state index is 0.0719. The Kier molecular flexibility index (Phi) is 5.87. The lowest BCUT2D eigenvalue weighted by atomic mass is 10.0. The fourth-order valence-electron chi connectivity index (χ4n) is 3.10. The molecule has 0 saturated carbocycles. The van der Waals surface area contributed by atoms with Crippen molar-refractivity contribution in [3.8, 4) is 11.5 Å². The van der Waals surface area contributed by atoms with Crippen molar-refractivity contribution in [1.82, 2.24) is 0 Å². The van der Waals surface area contributed by atoms with E-state index < -0.39 is 18.2 Å². The van der Waals surface area contributed by atoms with Crippen molar-refractivity contribution in [2.45, 2.75) is 38.9 Å². The Labute approximate surface area is 165 Å². The Morgan fingerprint density at radius 1 is 1.07 bits per heavy atom. The van der Waals surface area contributed by atoms with Gasteiger partial charge in [0.2, 0.25) is 6.10 Å². The van der Waals surface area contributed by atoms with Crippen molar-refractivity contribution >= 4 is 17.6 Å². The number of hydrogen-bond acceptors (Lipinski definition) is 5. The monoisotopic (exact) mass is 383 g/mol. The van der Waals surface area contributed by atoms with E-state index in [0.717, 1.165) is 0 Å². The molecule has 2 aromatic rings. The molecule has 1 aliphatic rings. The number of nitrogens with zero attached hydrogens (tertiary/aromatic N) is 1. The standard InChI is InChI=1S/C22H25NO5/c1-14(2)16-9-11-17(12-10-16)27-15(3)21(24)23-13-20(22(25)26-4)28-19-8-6-5-7-18(19)23/h5-12,14-15,20H,13H2,1-4H3/t15-,20+/m0/s1. The number of methoxy groups -OCH3 is 1. The van der Waals surface area contributed by atoms with E-state index in [4.69, 9.17) is 14.2 Å². The second kappa shape index (κ2) is 8.33. The first-order valence-corrected chi connectivity index (χ1v) is 9.32. The van der Waals surface area contributed by atoms with Gasteiger partial charge in [0, 0.05) is 0 Å². The van der Waals surface area contributed by atoms with Crippen molar-refractivity contribution < 1.29 is 23.8 Å². The van der Waals surface area contributed by atoms with Gasteiger partial charge in [-0.2, -0.15) is 0 Å². The Morgan fingerprint density at radius 3 is 2.39 bits per heavy atom. The Bertz CT molecular complexity index is 846. The maximum Gasteiger partial charge on any atom is 0.348 e. The third-order valence-electron chi connectivity index (χ3n) is 4.71. The molecule has 0 N–H and O–H groups in total. The molecule has 0 unspecified atom stereocenters. The fourth-order valence-corrected chi connectivity index (χ4v) is 3.10. The van der Waals surface area contributed by atoms with Gasteiger partial charge in [0.05, 0.1) is 19.3 Å². The number of amides is 1. The van der Waals surface area contributed by atoms with Gasteiger partial charge in [-0.05, 0) is 42.7 Å². The summed E-state index contributed by atoms with van der Waals surface area (Å²) < 4.78 is 16.3. The van der Waals surface area contributed by atoms with Crippen molar-refractivity contribution in [1.29, 1.82) is 0 Å². The number of benzene rings is 2. The lowest BCUT2D eigenvalue weighted by Gasteiger charge is -2.34. The molecule has 28 heavy (non-hydrogen) atoms. The highest BCUT2D eigenvalue weighted by atomic mass is 16.6. The summed E-state index contributed by atoms with van der Waals surface area (Å²) in [5.74, 6) is 0.734. The summed E-state index contributed by atoms with van der Waals surface area (Å²) in [6.07, 6.45) is -1.60. The van der Waals surface area contributed by atoms with Gasteiger partial charge in [0.25, 0.3) is 5.91 Å². The first-order chi connectivity index (χ1) is 13.4. The molecule has 6 nitrogen and oxygen atoms in total. The summed E-state index contributed by atoms with van der Waals surface area (Å²) in [5, 5.41) is 0. The molecule has 1 amide bonds. The zero-order valence-electron chi connectivity index (χ0n) is 16.5. The van der Waals surface area contributed by atoms with Crippen LogP contribution in [-0.2, 0) is 14.3 Å². The third kappa shape index (κ3) is 4.11. The molecule has 6 heteroatoms. The molecule has 148 valence electrons. The lowest BCUT2D eigenvalue weighted by Crippen LogP contribution is -2.50. The van der Waals surface area contributed by atoms with Crippen molar-refractivity contribution in [2.24, 2.45) is 0 Å². The van der Waals surface area contributed by atoms with Gasteiger partial charge in [0.1, 0.15) is 11.5 Å². The van der Waals surface area contributed by atoms with Crippen LogP contribution in [0.5, 0.6) is 11.5 Å². The van der Waals surface area contributed by atoms with Crippen LogP contribution in [0.4, 0.5) is 5.69 Å². The highest BCUT2D eigenvalue weighted by molar-refractivity contribution is 5.99. The van der Waals surface area contributed by atoms with Crippen molar-refractivity contribution in [2.75, 3.05) is 18.6 Å². The first-order valence-electron chi connectivity index (χ1n) is 9.32. The second-order valence-electron chi connectivity index (χ2n) is 7.03. The van der Waals surface area contributed by atoms with Crippen LogP contribution in [0.1, 0.15) is 32.3 Å². The number of hydrogen-bond donors (Lipinski definition) is 0. The van der Waals surface area contributed by atoms with Crippen LogP contribution in [0.15, 0.2) is 48.5 Å². The van der Waals surface area contributed by atoms with E-state index in [9.17, 15) is 9.59 Å². The second-order valence-corrected chi connectivity index (χ2v) is 7.03. The SMILES string of the molecule is COC(=O)[C@H]1CN(C(=O)[C@H](C)Oc2ccc(C(C)C)cc2)c2ccccc2O1. The Balaban J connectivity index is 1.78. The number of para-hydroxylation sites is 2. The molecular weight excluding hydrogens is 358 g/mol. The van der Waals surface area contributed by atoms with Crippen LogP contribution in [0.2, 0.25) is 0 Å². The minimum Gasteiger partial charge on any atom is -0.481 e. The summed E-state index contributed by atoms with van der Waals surface area (Å²) >= 11 is 0. The van der Waals surface area contributed by atoms with Crippen LogP contribution in [0.25, 0.3) is 0 Å². The van der Waals surface area contributed by atoms with Crippen LogP contribution < -0.4 is 14.4 Å². The van der Waals surface area contributed by atoms with Gasteiger partial charge in [0.15, 0.2) is 6.10 Å². The predicted molar refractivity (Wildman–Crippen MR) is 106 cm³/mol. The number of esters is 1. The molecule has 0 bridgehead atoms. The van der Waals surface area contributed by atoms with E-state index in [1.54, 1.807) is 25.1 Å². The van der Waals surface area contributed by atoms with Gasteiger partial charge in [-0.1, -0.05) is 38.1 Å². The average molecular weight is 383 g/mol. The molecule has 0 aliphatic carbocycles. The molecule has 0 spiro atoms. The van der Waals surface area contributed by atoms with Gasteiger partial charge >= 0.3 is 5.97 Å². The van der Waals surface area contributed by atoms with Crippen LogP contribution >= 0.6 is 0 Å². The number of fused-ring (bicyclic) bond motifs is 1. The predicted octanol–water partition coefficient (Wildman–Crippen LogP) is 3.54. The van der Waals surface area contributed by atoms with E-state index in [0.29, 0.717) is 23.1 Å². The number of anilines is 1. The number of ether oxygens (including phenoxy) is 3. The van der Waals surface area contributed by atoms with Gasteiger partial charge in [-0.25, -0.2) is 4.79 Å². The van der Waals surface area contributed by atoms with Gasteiger partial charge in [-0.3, -0.25) is 4.79 Å². The van der Waals surface area contributed by atoms with Crippen LogP contribution in [0, 0.1) is 0 Å². The van der Waals surface area contributed by atoms with Crippen LogP contribution in [0.3, 0.4) is 0 Å². The highest BCUT2D eigenvalue weighted by Gasteiger charge is 2.36. The van der Waals surface area contributed by atoms with E-state index in [2.05, 4.69) is 13.8 Å². The van der Waals surface area contributed by atoms with Crippen molar-refractivity contribution in [3.05, 3.63) is 54.1 Å². The zero-order chi connectivity index (χ0) is 20.3. The Morgan fingerprint density at radius 2 is 1.75 bits per heavy atom. The smallest absolute Gasteiger partial charge is 0.348 e. The number of carbonyl (C=O) groups is 2. The molecule has 3 rings (SSSR count). The highest BCUT2D eigenvalue weighted by Crippen LogP contribution is 2.34. The summed E-state index contributed by atoms with van der Waals surface area (Å²) in [6.45, 7) is 6.01. The topological polar surface area (TPSA) is 65.1 Å². The molecule has 2 aromatic carbocycles. The maximum atomic E-state index is 13.1. The molecule has 0 fully saturated rings. The molecule has 2 atom stereocenters. The summed E-state index contributed by atoms with van der Waals surface area (Å²) in [6, 6.07) is 14.8. The fraction of sp³-hybridized carbons (Fsp3) is 0.364. The lowest BCUT2D eigenvalue weighted by molar-refractivity contribution is -0.148. The van der Waals surface area contributed by atoms with Gasteiger partial charge in [-0.15, -0.1) is 0 Å². The molecule has 0 saturated heterocycles. The van der Waals surface area contributed by atoms with Gasteiger partial charge < -0.3 is 19.1 Å². The minimum atomic E-state index is -0.874. The third-order valence-corrected chi connectivity index (χ3v) is 4.71. The quantitative estimate of drug-likeness (QED) is 0.739. The molecule has 0 radical (unpaired) electrons. The normalized spacial score (nSPS) is 16.8. The van der Waals surface area contributed by atoms with Crippen LogP contribution in [-0.4, -0.2) is 37.7 Å². The summed E-state index contributed by atoms with van der Waals surface area (Å²) in [7, 11) is 1.30. The van der Waals surface area contributed by atoms with E-state index >= 15 is 0 Å².